The fourth-order valence-electron chi connectivity index (χ4n) is 1.70. The summed E-state index contributed by atoms with van der Waals surface area (Å²) in [5.74, 6) is -1.04. The normalized spacial score (nSPS) is 16.1. The molecule has 0 saturated carbocycles. The highest BCUT2D eigenvalue weighted by atomic mass is 16.5. The van der Waals surface area contributed by atoms with Crippen molar-refractivity contribution in [2.75, 3.05) is 31.2 Å². The molecule has 16 heavy (non-hydrogen) atoms. The standard InChI is InChI=1S/C10H12N2O4/c13-9-5-8(7(6-11-9)10(14)15)12-1-3-16-4-2-12/h5-6H,1-4H2,(H,11,13)(H,14,15). The van der Waals surface area contributed by atoms with Crippen LogP contribution in [0.25, 0.3) is 0 Å². The Morgan fingerprint density at radius 1 is 1.44 bits per heavy atom. The average molecular weight is 224 g/mol. The zero-order chi connectivity index (χ0) is 11.5. The number of nitrogens with one attached hydrogen (secondary N) is 1. The van der Waals surface area contributed by atoms with Gasteiger partial charge in [-0.1, -0.05) is 0 Å². The molecule has 0 bridgehead atoms. The molecule has 0 radical (unpaired) electrons. The van der Waals surface area contributed by atoms with Crippen LogP contribution in [0.1, 0.15) is 10.4 Å². The second-order valence-electron chi connectivity index (χ2n) is 3.50. The first-order valence-electron chi connectivity index (χ1n) is 4.97. The highest BCUT2D eigenvalue weighted by Gasteiger charge is 2.18. The third-order valence-electron chi connectivity index (χ3n) is 2.48. The third-order valence-corrected chi connectivity index (χ3v) is 2.48. The minimum absolute atomic E-state index is 0.113. The zero-order valence-electron chi connectivity index (χ0n) is 8.60. The van der Waals surface area contributed by atoms with E-state index in [0.29, 0.717) is 32.0 Å². The molecule has 0 unspecified atom stereocenters. The number of hydrogen-bond acceptors (Lipinski definition) is 4. The molecule has 1 aromatic rings. The minimum atomic E-state index is -1.04. The van der Waals surface area contributed by atoms with Crippen LogP contribution in [0.5, 0.6) is 0 Å². The van der Waals surface area contributed by atoms with Crippen molar-refractivity contribution in [3.05, 3.63) is 28.2 Å². The predicted octanol–water partition coefficient (Wildman–Crippen LogP) is -0.0903. The lowest BCUT2D eigenvalue weighted by atomic mass is 10.2. The van der Waals surface area contributed by atoms with Crippen molar-refractivity contribution in [1.82, 2.24) is 4.98 Å². The van der Waals surface area contributed by atoms with E-state index < -0.39 is 5.97 Å². The molecule has 1 aliphatic heterocycles. The fourth-order valence-corrected chi connectivity index (χ4v) is 1.70. The number of H-pyrrole nitrogens is 1. The molecule has 0 amide bonds. The number of pyridine rings is 1. The summed E-state index contributed by atoms with van der Waals surface area (Å²) in [6.07, 6.45) is 1.23. The fraction of sp³-hybridized carbons (Fsp3) is 0.400. The maximum atomic E-state index is 11.2. The van der Waals surface area contributed by atoms with Gasteiger partial charge in [0.2, 0.25) is 5.56 Å². The number of carbonyl (C=O) groups is 1. The largest absolute Gasteiger partial charge is 0.478 e. The lowest BCUT2D eigenvalue weighted by Crippen LogP contribution is -2.37. The van der Waals surface area contributed by atoms with Gasteiger partial charge >= 0.3 is 5.97 Å². The molecule has 2 heterocycles. The number of carboxylic acids is 1. The summed E-state index contributed by atoms with van der Waals surface area (Å²) in [7, 11) is 0. The van der Waals surface area contributed by atoms with Crippen LogP contribution >= 0.6 is 0 Å². The number of ether oxygens (including phenoxy) is 1. The van der Waals surface area contributed by atoms with Gasteiger partial charge in [-0.05, 0) is 0 Å². The van der Waals surface area contributed by atoms with Gasteiger partial charge in [-0.3, -0.25) is 4.79 Å². The predicted molar refractivity (Wildman–Crippen MR) is 57.1 cm³/mol. The van der Waals surface area contributed by atoms with Gasteiger partial charge in [0.25, 0.3) is 0 Å². The van der Waals surface area contributed by atoms with E-state index in [4.69, 9.17) is 9.84 Å². The number of carboxylic acid groups (broad SMARTS) is 1. The monoisotopic (exact) mass is 224 g/mol. The molecular formula is C10H12N2O4. The van der Waals surface area contributed by atoms with E-state index in [1.165, 1.54) is 12.3 Å². The van der Waals surface area contributed by atoms with Crippen molar-refractivity contribution in [3.8, 4) is 0 Å². The van der Waals surface area contributed by atoms with Crippen LogP contribution in [0, 0.1) is 0 Å². The lowest BCUT2D eigenvalue weighted by molar-refractivity contribution is 0.0696. The van der Waals surface area contributed by atoms with Crippen LogP contribution in [-0.2, 0) is 4.74 Å². The molecule has 0 aliphatic carbocycles. The maximum absolute atomic E-state index is 11.2. The topological polar surface area (TPSA) is 82.6 Å². The van der Waals surface area contributed by atoms with Crippen molar-refractivity contribution in [2.45, 2.75) is 0 Å². The number of rotatable bonds is 2. The summed E-state index contributed by atoms with van der Waals surface area (Å²) >= 11 is 0. The van der Waals surface area contributed by atoms with Crippen LogP contribution < -0.4 is 10.5 Å². The van der Waals surface area contributed by atoms with E-state index in [9.17, 15) is 9.59 Å². The summed E-state index contributed by atoms with van der Waals surface area (Å²) in [5.41, 5.74) is 0.271. The quantitative estimate of drug-likeness (QED) is 0.733. The molecule has 1 saturated heterocycles. The molecule has 86 valence electrons. The molecule has 0 atom stereocenters. The van der Waals surface area contributed by atoms with Crippen molar-refractivity contribution in [2.24, 2.45) is 0 Å². The Balaban J connectivity index is 2.40. The number of hydrogen-bond donors (Lipinski definition) is 2. The summed E-state index contributed by atoms with van der Waals surface area (Å²) in [5, 5.41) is 9.01. The molecule has 6 heteroatoms. The number of aromatic nitrogens is 1. The lowest BCUT2D eigenvalue weighted by Gasteiger charge is -2.29. The Kier molecular flexibility index (Phi) is 2.91. The number of aromatic carboxylic acids is 1. The smallest absolute Gasteiger partial charge is 0.339 e. The van der Waals surface area contributed by atoms with Gasteiger partial charge in [0.05, 0.1) is 24.5 Å². The maximum Gasteiger partial charge on any atom is 0.339 e. The third kappa shape index (κ3) is 2.06. The number of aromatic amines is 1. The van der Waals surface area contributed by atoms with Crippen molar-refractivity contribution >= 4 is 11.7 Å². The zero-order valence-corrected chi connectivity index (χ0v) is 8.60. The van der Waals surface area contributed by atoms with E-state index in [1.54, 1.807) is 0 Å². The molecule has 2 rings (SSSR count). The first-order chi connectivity index (χ1) is 7.68. The Hall–Kier alpha value is -1.82. The highest BCUT2D eigenvalue weighted by molar-refractivity contribution is 5.94. The summed E-state index contributed by atoms with van der Waals surface area (Å²) in [4.78, 5) is 26.4. The van der Waals surface area contributed by atoms with Crippen LogP contribution in [0.15, 0.2) is 17.1 Å². The number of morpholine rings is 1. The average Bonchev–Trinajstić information content (AvgIpc) is 2.29. The van der Waals surface area contributed by atoms with Crippen LogP contribution in [0.4, 0.5) is 5.69 Å². The second-order valence-corrected chi connectivity index (χ2v) is 3.50. The Morgan fingerprint density at radius 3 is 2.75 bits per heavy atom. The Bertz CT molecular complexity index is 448. The molecule has 1 aromatic heterocycles. The van der Waals surface area contributed by atoms with Gasteiger partial charge in [0.1, 0.15) is 0 Å². The second kappa shape index (κ2) is 4.36. The Labute approximate surface area is 91.5 Å². The van der Waals surface area contributed by atoms with Gasteiger partial charge in [0, 0.05) is 25.4 Å². The van der Waals surface area contributed by atoms with Crippen LogP contribution in [0.3, 0.4) is 0 Å². The van der Waals surface area contributed by atoms with Gasteiger partial charge < -0.3 is 19.7 Å². The van der Waals surface area contributed by atoms with E-state index in [2.05, 4.69) is 4.98 Å². The van der Waals surface area contributed by atoms with Crippen LogP contribution in [0.2, 0.25) is 0 Å². The van der Waals surface area contributed by atoms with Crippen molar-refractivity contribution in [3.63, 3.8) is 0 Å². The highest BCUT2D eigenvalue weighted by Crippen LogP contribution is 2.18. The first-order valence-corrected chi connectivity index (χ1v) is 4.97. The van der Waals surface area contributed by atoms with Gasteiger partial charge in [-0.25, -0.2) is 4.79 Å². The number of anilines is 1. The van der Waals surface area contributed by atoms with E-state index >= 15 is 0 Å². The first kappa shape index (κ1) is 10.7. The molecular weight excluding hydrogens is 212 g/mol. The van der Waals surface area contributed by atoms with Crippen molar-refractivity contribution < 1.29 is 14.6 Å². The summed E-state index contributed by atoms with van der Waals surface area (Å²) in [6, 6.07) is 1.31. The molecule has 0 aromatic carbocycles. The van der Waals surface area contributed by atoms with E-state index in [-0.39, 0.29) is 11.1 Å². The SMILES string of the molecule is O=C(O)c1c[nH]c(=O)cc1N1CCOCC1. The minimum Gasteiger partial charge on any atom is -0.478 e. The Morgan fingerprint density at radius 2 is 2.12 bits per heavy atom. The molecule has 2 N–H and O–H groups in total. The molecule has 0 spiro atoms. The van der Waals surface area contributed by atoms with Gasteiger partial charge in [-0.2, -0.15) is 0 Å². The summed E-state index contributed by atoms with van der Waals surface area (Å²) < 4.78 is 5.18. The van der Waals surface area contributed by atoms with E-state index in [1.807, 2.05) is 4.90 Å². The van der Waals surface area contributed by atoms with Gasteiger partial charge in [-0.15, -0.1) is 0 Å². The molecule has 1 aliphatic rings. The van der Waals surface area contributed by atoms with E-state index in [0.717, 1.165) is 0 Å². The summed E-state index contributed by atoms with van der Waals surface area (Å²) in [6.45, 7) is 2.30. The van der Waals surface area contributed by atoms with Gasteiger partial charge in [0.15, 0.2) is 0 Å². The van der Waals surface area contributed by atoms with Crippen LogP contribution in [-0.4, -0.2) is 42.4 Å². The molecule has 6 nitrogen and oxygen atoms in total. The van der Waals surface area contributed by atoms with Crippen molar-refractivity contribution in [1.29, 1.82) is 0 Å². The molecule has 1 fully saturated rings. The number of nitrogens with zero attached hydrogens (tertiary/aromatic N) is 1.